The summed E-state index contributed by atoms with van der Waals surface area (Å²) >= 11 is 0. The van der Waals surface area contributed by atoms with Crippen molar-refractivity contribution >= 4 is 28.6 Å². The van der Waals surface area contributed by atoms with Crippen molar-refractivity contribution < 1.29 is 23.4 Å². The molecule has 0 unspecified atom stereocenters. The van der Waals surface area contributed by atoms with Crippen molar-refractivity contribution in [1.29, 1.82) is 0 Å². The molecule has 39 heavy (non-hydrogen) atoms. The second kappa shape index (κ2) is 10.7. The number of imidazole rings is 1. The Kier molecular flexibility index (Phi) is 6.96. The molecular formula is C28H25FN6O4. The van der Waals surface area contributed by atoms with E-state index >= 15 is 4.39 Å². The molecule has 2 N–H and O–H groups in total. The topological polar surface area (TPSA) is 112 Å². The van der Waals surface area contributed by atoms with E-state index in [0.29, 0.717) is 45.5 Å². The van der Waals surface area contributed by atoms with E-state index in [1.54, 1.807) is 55.9 Å². The Morgan fingerprint density at radius 1 is 0.949 bits per heavy atom. The highest BCUT2D eigenvalue weighted by atomic mass is 19.1. The molecule has 0 atom stereocenters. The molecule has 11 heteroatoms. The Hall–Kier alpha value is -5.19. The maximum atomic E-state index is 15.1. The van der Waals surface area contributed by atoms with Gasteiger partial charge in [0.25, 0.3) is 5.91 Å². The fourth-order valence-electron chi connectivity index (χ4n) is 4.09. The third-order valence-electron chi connectivity index (χ3n) is 6.06. The van der Waals surface area contributed by atoms with E-state index in [4.69, 9.17) is 14.2 Å². The molecule has 0 aliphatic rings. The van der Waals surface area contributed by atoms with Crippen LogP contribution in [0.4, 0.5) is 16.0 Å². The maximum Gasteiger partial charge on any atom is 0.269 e. The highest BCUT2D eigenvalue weighted by Gasteiger charge is 2.17. The van der Waals surface area contributed by atoms with Crippen molar-refractivity contribution in [3.63, 3.8) is 0 Å². The fraction of sp³-hybridized carbons (Fsp3) is 0.143. The number of amides is 1. The number of carbonyl (C=O) groups excluding carboxylic acids is 1. The number of aromatic nitrogens is 4. The molecule has 0 bridgehead atoms. The molecule has 5 aromatic rings. The molecular weight excluding hydrogens is 503 g/mol. The van der Waals surface area contributed by atoms with Gasteiger partial charge in [-0.1, -0.05) is 0 Å². The van der Waals surface area contributed by atoms with Crippen LogP contribution in [-0.2, 0) is 7.05 Å². The van der Waals surface area contributed by atoms with Gasteiger partial charge < -0.3 is 29.4 Å². The highest BCUT2D eigenvalue weighted by Crippen LogP contribution is 2.37. The van der Waals surface area contributed by atoms with Gasteiger partial charge in [0.1, 0.15) is 22.9 Å². The van der Waals surface area contributed by atoms with Gasteiger partial charge in [-0.05, 0) is 42.0 Å². The number of fused-ring (bicyclic) bond motifs is 1. The Morgan fingerprint density at radius 3 is 2.54 bits per heavy atom. The zero-order chi connectivity index (χ0) is 27.5. The number of benzene rings is 2. The summed E-state index contributed by atoms with van der Waals surface area (Å²) in [7, 11) is 6.33. The molecule has 10 nitrogen and oxygen atoms in total. The van der Waals surface area contributed by atoms with Gasteiger partial charge in [-0.3, -0.25) is 14.8 Å². The smallest absolute Gasteiger partial charge is 0.269 e. The summed E-state index contributed by atoms with van der Waals surface area (Å²) < 4.78 is 33.5. The van der Waals surface area contributed by atoms with E-state index in [0.717, 1.165) is 5.52 Å². The van der Waals surface area contributed by atoms with Crippen LogP contribution in [0.2, 0.25) is 0 Å². The van der Waals surface area contributed by atoms with Crippen LogP contribution < -0.4 is 24.8 Å². The Bertz CT molecular complexity index is 1690. The Morgan fingerprint density at radius 2 is 1.77 bits per heavy atom. The molecule has 5 rings (SSSR count). The standard InChI is InChI=1S/C28H25FN6O4/c1-30-27(36)24-13-19(7-8-32-24)39-18-5-6-25-22(12-18)33-28(35(25)2)34-23-11-16(10-21(29)26(23)38-4)17-9-20(37-3)15-31-14-17/h5-15H,1-4H3,(H,30,36)(H,33,34). The van der Waals surface area contributed by atoms with Crippen molar-refractivity contribution in [3.05, 3.63) is 78.6 Å². The number of halogens is 1. The van der Waals surface area contributed by atoms with Crippen LogP contribution in [0.25, 0.3) is 22.2 Å². The predicted molar refractivity (Wildman–Crippen MR) is 144 cm³/mol. The third-order valence-corrected chi connectivity index (χ3v) is 6.06. The molecule has 0 saturated carbocycles. The molecule has 2 aromatic carbocycles. The second-order valence-electron chi connectivity index (χ2n) is 8.48. The van der Waals surface area contributed by atoms with Crippen molar-refractivity contribution in [2.24, 2.45) is 7.05 Å². The van der Waals surface area contributed by atoms with Crippen molar-refractivity contribution in [2.75, 3.05) is 26.6 Å². The minimum Gasteiger partial charge on any atom is -0.495 e. The summed E-state index contributed by atoms with van der Waals surface area (Å²) in [6, 6.07) is 13.6. The number of aryl methyl sites for hydroxylation is 1. The molecule has 0 aliphatic heterocycles. The first-order valence-electron chi connectivity index (χ1n) is 11.9. The van der Waals surface area contributed by atoms with Crippen LogP contribution in [0, 0.1) is 5.82 Å². The van der Waals surface area contributed by atoms with Crippen molar-refractivity contribution in [3.8, 4) is 34.1 Å². The predicted octanol–water partition coefficient (Wildman–Crippen LogP) is 5.08. The van der Waals surface area contributed by atoms with Gasteiger partial charge in [0.2, 0.25) is 5.95 Å². The molecule has 0 aliphatic carbocycles. The number of ether oxygens (including phenoxy) is 3. The lowest BCUT2D eigenvalue weighted by molar-refractivity contribution is 0.0958. The first-order chi connectivity index (χ1) is 18.9. The van der Waals surface area contributed by atoms with E-state index in [2.05, 4.69) is 25.6 Å². The second-order valence-corrected chi connectivity index (χ2v) is 8.48. The Labute approximate surface area is 223 Å². The zero-order valence-electron chi connectivity index (χ0n) is 21.7. The van der Waals surface area contributed by atoms with Gasteiger partial charge in [0, 0.05) is 44.2 Å². The van der Waals surface area contributed by atoms with Gasteiger partial charge >= 0.3 is 0 Å². The monoisotopic (exact) mass is 528 g/mol. The Balaban J connectivity index is 1.47. The average Bonchev–Trinajstić information content (AvgIpc) is 3.26. The minimum atomic E-state index is -0.539. The van der Waals surface area contributed by atoms with E-state index in [-0.39, 0.29) is 17.4 Å². The van der Waals surface area contributed by atoms with Gasteiger partial charge in [-0.25, -0.2) is 9.37 Å². The number of anilines is 2. The van der Waals surface area contributed by atoms with E-state index < -0.39 is 5.82 Å². The van der Waals surface area contributed by atoms with Crippen LogP contribution >= 0.6 is 0 Å². The normalized spacial score (nSPS) is 10.8. The highest BCUT2D eigenvalue weighted by molar-refractivity contribution is 5.92. The third kappa shape index (κ3) is 5.14. The molecule has 0 saturated heterocycles. The van der Waals surface area contributed by atoms with Crippen LogP contribution in [-0.4, -0.2) is 46.7 Å². The van der Waals surface area contributed by atoms with Crippen LogP contribution in [0.1, 0.15) is 10.5 Å². The molecule has 0 fully saturated rings. The van der Waals surface area contributed by atoms with Gasteiger partial charge in [0.15, 0.2) is 11.6 Å². The number of pyridine rings is 2. The molecule has 3 aromatic heterocycles. The number of methoxy groups -OCH3 is 2. The first-order valence-corrected chi connectivity index (χ1v) is 11.9. The average molecular weight is 529 g/mol. The lowest BCUT2D eigenvalue weighted by Gasteiger charge is -2.14. The van der Waals surface area contributed by atoms with Gasteiger partial charge in [-0.2, -0.15) is 0 Å². The van der Waals surface area contributed by atoms with Crippen molar-refractivity contribution in [2.45, 2.75) is 0 Å². The van der Waals surface area contributed by atoms with E-state index in [9.17, 15) is 4.79 Å². The first kappa shape index (κ1) is 25.5. The molecule has 3 heterocycles. The number of nitrogens with one attached hydrogen (secondary N) is 2. The number of rotatable bonds is 8. The fourth-order valence-corrected chi connectivity index (χ4v) is 4.09. The summed E-state index contributed by atoms with van der Waals surface area (Å²) in [5.74, 6) is 1.21. The van der Waals surface area contributed by atoms with Crippen LogP contribution in [0.5, 0.6) is 23.0 Å². The lowest BCUT2D eigenvalue weighted by atomic mass is 10.1. The van der Waals surface area contributed by atoms with E-state index in [1.807, 2.05) is 17.7 Å². The molecule has 0 spiro atoms. The number of hydrogen-bond donors (Lipinski definition) is 2. The van der Waals surface area contributed by atoms with Gasteiger partial charge in [0.05, 0.1) is 37.1 Å². The molecule has 1 amide bonds. The lowest BCUT2D eigenvalue weighted by Crippen LogP contribution is -2.18. The maximum absolute atomic E-state index is 15.1. The molecule has 198 valence electrons. The summed E-state index contributed by atoms with van der Waals surface area (Å²) in [4.78, 5) is 24.8. The largest absolute Gasteiger partial charge is 0.495 e. The van der Waals surface area contributed by atoms with E-state index in [1.165, 1.54) is 26.4 Å². The quantitative estimate of drug-likeness (QED) is 0.287. The van der Waals surface area contributed by atoms with Crippen LogP contribution in [0.3, 0.4) is 0 Å². The van der Waals surface area contributed by atoms with Gasteiger partial charge in [-0.15, -0.1) is 0 Å². The number of nitrogens with zero attached hydrogens (tertiary/aromatic N) is 4. The summed E-state index contributed by atoms with van der Waals surface area (Å²) in [6.07, 6.45) is 4.71. The summed E-state index contributed by atoms with van der Waals surface area (Å²) in [6.45, 7) is 0. The summed E-state index contributed by atoms with van der Waals surface area (Å²) in [5, 5.41) is 5.73. The van der Waals surface area contributed by atoms with Crippen molar-refractivity contribution in [1.82, 2.24) is 24.8 Å². The number of hydrogen-bond acceptors (Lipinski definition) is 8. The SMILES string of the molecule is CNC(=O)c1cc(Oc2ccc3c(c2)nc(Nc2cc(-c4cncc(OC)c4)cc(F)c2OC)n3C)ccn1. The molecule has 0 radical (unpaired) electrons. The zero-order valence-corrected chi connectivity index (χ0v) is 21.7. The minimum absolute atomic E-state index is 0.0512. The summed E-state index contributed by atoms with van der Waals surface area (Å²) in [5.41, 5.74) is 3.37. The number of carbonyl (C=O) groups is 1. The van der Waals surface area contributed by atoms with Crippen LogP contribution in [0.15, 0.2) is 67.1 Å².